The lowest BCUT2D eigenvalue weighted by atomic mass is 9.86. The van der Waals surface area contributed by atoms with E-state index in [0.717, 1.165) is 28.9 Å². The predicted molar refractivity (Wildman–Crippen MR) is 203 cm³/mol. The first kappa shape index (κ1) is 39.2. The van der Waals surface area contributed by atoms with E-state index in [-0.39, 0.29) is 22.9 Å². The van der Waals surface area contributed by atoms with Crippen molar-refractivity contribution < 1.29 is 19.1 Å². The maximum atomic E-state index is 12.6. The summed E-state index contributed by atoms with van der Waals surface area (Å²) in [6.07, 6.45) is 3.57. The number of aromatic nitrogens is 4. The number of imidazole rings is 2. The minimum atomic E-state index is -0.588. The largest absolute Gasteiger partial charge is 0.444 e. The van der Waals surface area contributed by atoms with Crippen LogP contribution in [0.5, 0.6) is 0 Å². The first-order valence-corrected chi connectivity index (χ1v) is 17.8. The molecule has 51 heavy (non-hydrogen) atoms. The number of amides is 2. The number of aromatic amines is 2. The number of rotatable bonds is 9. The van der Waals surface area contributed by atoms with Crippen LogP contribution in [0, 0.1) is 10.8 Å². The topological polar surface area (TPSA) is 134 Å². The zero-order valence-corrected chi connectivity index (χ0v) is 32.7. The summed E-state index contributed by atoms with van der Waals surface area (Å²) >= 11 is 0. The molecule has 0 aliphatic rings. The highest BCUT2D eigenvalue weighted by molar-refractivity contribution is 5.69. The molecule has 4 aromatic rings. The lowest BCUT2D eigenvalue weighted by Gasteiger charge is -2.31. The second-order valence-corrected chi connectivity index (χ2v) is 17.7. The lowest BCUT2D eigenvalue weighted by molar-refractivity contribution is 0.0448. The van der Waals surface area contributed by atoms with Gasteiger partial charge in [0.05, 0.1) is 35.9 Å². The van der Waals surface area contributed by atoms with Gasteiger partial charge in [0.1, 0.15) is 22.9 Å². The van der Waals surface area contributed by atoms with Crippen molar-refractivity contribution >= 4 is 12.2 Å². The molecule has 4 rings (SSSR count). The van der Waals surface area contributed by atoms with Crippen LogP contribution in [0.2, 0.25) is 0 Å². The third-order valence-corrected chi connectivity index (χ3v) is 8.39. The molecule has 0 radical (unpaired) electrons. The van der Waals surface area contributed by atoms with Crippen molar-refractivity contribution in [2.24, 2.45) is 10.8 Å². The summed E-state index contributed by atoms with van der Waals surface area (Å²) in [6.45, 7) is 25.7. The van der Waals surface area contributed by atoms with Gasteiger partial charge in [0, 0.05) is 0 Å². The Kier molecular flexibility index (Phi) is 11.5. The van der Waals surface area contributed by atoms with E-state index in [4.69, 9.17) is 9.47 Å². The van der Waals surface area contributed by atoms with E-state index in [1.54, 1.807) is 0 Å². The number of H-pyrrole nitrogens is 2. The van der Waals surface area contributed by atoms with Crippen molar-refractivity contribution in [2.75, 3.05) is 0 Å². The summed E-state index contributed by atoms with van der Waals surface area (Å²) in [6, 6.07) is 16.4. The number of hydrogen-bond acceptors (Lipinski definition) is 6. The maximum Gasteiger partial charge on any atom is 0.408 e. The molecule has 276 valence electrons. The summed E-state index contributed by atoms with van der Waals surface area (Å²) in [4.78, 5) is 41.3. The van der Waals surface area contributed by atoms with Gasteiger partial charge in [0.25, 0.3) is 0 Å². The smallest absolute Gasteiger partial charge is 0.408 e. The number of ether oxygens (including phenoxy) is 2. The first-order valence-electron chi connectivity index (χ1n) is 17.8. The second kappa shape index (κ2) is 14.9. The molecule has 10 nitrogen and oxygen atoms in total. The molecule has 0 aliphatic carbocycles. The number of benzene rings is 2. The number of carbonyl (C=O) groups excluding carboxylic acids is 2. The summed E-state index contributed by atoms with van der Waals surface area (Å²) in [7, 11) is 0. The quantitative estimate of drug-likeness (QED) is 0.137. The van der Waals surface area contributed by atoms with Gasteiger partial charge < -0.3 is 30.1 Å². The van der Waals surface area contributed by atoms with Gasteiger partial charge in [-0.15, -0.1) is 0 Å². The third-order valence-electron chi connectivity index (χ3n) is 8.39. The average Bonchev–Trinajstić information content (AvgIpc) is 3.67. The SMILES string of the molecule is C[C@@H](Cc1ccc(-c2cnc([C@@H](NC(=O)OC(C)(C)C)C(C)(C)C)[nH]2)cc1)c1ccc(-c2cnc([C@@H](NC(=O)OC(C)(C)C)C(C)(C)C)[nH]2)cc1. The van der Waals surface area contributed by atoms with Crippen LogP contribution in [0.3, 0.4) is 0 Å². The standard InChI is InChI=1S/C41H58N6O4/c1-25(27-18-20-29(21-19-27)31-24-43-35(45-31)33(39(5,6)7)47-37(49)51-41(11,12)13)22-26-14-16-28(17-15-26)30-23-42-34(44-30)32(38(2,3)4)46-36(48)50-40(8,9)10/h14-21,23-25,32-33H,22H2,1-13H3,(H,42,44)(H,43,45)(H,46,48)(H,47,49)/t25-,32+,33+/m0/s1. The molecular formula is C41H58N6O4. The van der Waals surface area contributed by atoms with E-state index in [1.165, 1.54) is 11.1 Å². The van der Waals surface area contributed by atoms with E-state index in [1.807, 2.05) is 53.9 Å². The predicted octanol–water partition coefficient (Wildman–Crippen LogP) is 10.0. The maximum absolute atomic E-state index is 12.6. The molecule has 0 spiro atoms. The normalized spacial score (nSPS) is 14.4. The van der Waals surface area contributed by atoms with Crippen LogP contribution in [0.4, 0.5) is 9.59 Å². The van der Waals surface area contributed by atoms with Crippen LogP contribution in [-0.4, -0.2) is 43.3 Å². The zero-order chi connectivity index (χ0) is 37.9. The van der Waals surface area contributed by atoms with Crippen molar-refractivity contribution in [1.82, 2.24) is 30.6 Å². The highest BCUT2D eigenvalue weighted by Crippen LogP contribution is 2.35. The van der Waals surface area contributed by atoms with Crippen LogP contribution in [0.15, 0.2) is 60.9 Å². The minimum Gasteiger partial charge on any atom is -0.444 e. The van der Waals surface area contributed by atoms with E-state index in [0.29, 0.717) is 17.6 Å². The molecule has 0 saturated carbocycles. The minimum absolute atomic E-state index is 0.290. The molecule has 0 aliphatic heterocycles. The molecule has 0 fully saturated rings. The fraction of sp³-hybridized carbons (Fsp3) is 0.512. The number of hydrogen-bond donors (Lipinski definition) is 4. The van der Waals surface area contributed by atoms with E-state index in [9.17, 15) is 9.59 Å². The molecule has 2 heterocycles. The fourth-order valence-electron chi connectivity index (χ4n) is 5.78. The van der Waals surface area contributed by atoms with Crippen LogP contribution in [0.1, 0.15) is 131 Å². The van der Waals surface area contributed by atoms with Gasteiger partial charge in [-0.25, -0.2) is 19.6 Å². The average molecular weight is 699 g/mol. The third kappa shape index (κ3) is 11.2. The zero-order valence-electron chi connectivity index (χ0n) is 32.7. The Hall–Kier alpha value is -4.60. The van der Waals surface area contributed by atoms with Crippen molar-refractivity contribution in [3.8, 4) is 22.5 Å². The van der Waals surface area contributed by atoms with Crippen LogP contribution in [0.25, 0.3) is 22.5 Å². The number of alkyl carbamates (subject to hydrolysis) is 2. The Balaban J connectivity index is 1.41. The van der Waals surface area contributed by atoms with Crippen LogP contribution >= 0.6 is 0 Å². The van der Waals surface area contributed by atoms with Crippen molar-refractivity contribution in [1.29, 1.82) is 0 Å². The fourth-order valence-corrected chi connectivity index (χ4v) is 5.78. The molecule has 0 bridgehead atoms. The van der Waals surface area contributed by atoms with E-state index < -0.39 is 23.4 Å². The summed E-state index contributed by atoms with van der Waals surface area (Å²) < 4.78 is 11.0. The summed E-state index contributed by atoms with van der Waals surface area (Å²) in [5.41, 5.74) is 4.53. The van der Waals surface area contributed by atoms with Gasteiger partial charge in [-0.2, -0.15) is 0 Å². The van der Waals surface area contributed by atoms with Crippen molar-refractivity contribution in [3.05, 3.63) is 83.7 Å². The Labute approximate surface area is 304 Å². The second-order valence-electron chi connectivity index (χ2n) is 17.7. The highest BCUT2D eigenvalue weighted by Gasteiger charge is 2.33. The Morgan fingerprint density at radius 1 is 0.627 bits per heavy atom. The van der Waals surface area contributed by atoms with Gasteiger partial charge in [-0.05, 0) is 87.0 Å². The number of carbonyl (C=O) groups is 2. The molecule has 4 N–H and O–H groups in total. The number of nitrogens with zero attached hydrogens (tertiary/aromatic N) is 2. The Morgan fingerprint density at radius 2 is 1.00 bits per heavy atom. The van der Waals surface area contributed by atoms with E-state index in [2.05, 4.69) is 128 Å². The molecule has 2 aromatic heterocycles. The van der Waals surface area contributed by atoms with Gasteiger partial charge in [-0.1, -0.05) is 97.0 Å². The summed E-state index contributed by atoms with van der Waals surface area (Å²) in [5.74, 6) is 1.67. The van der Waals surface area contributed by atoms with Crippen LogP contribution < -0.4 is 10.6 Å². The molecule has 0 saturated heterocycles. The molecule has 0 unspecified atom stereocenters. The van der Waals surface area contributed by atoms with Gasteiger partial charge in [0.2, 0.25) is 0 Å². The monoisotopic (exact) mass is 698 g/mol. The van der Waals surface area contributed by atoms with Crippen LogP contribution in [-0.2, 0) is 15.9 Å². The first-order chi connectivity index (χ1) is 23.5. The lowest BCUT2D eigenvalue weighted by Crippen LogP contribution is -2.40. The molecule has 10 heteroatoms. The highest BCUT2D eigenvalue weighted by atomic mass is 16.6. The number of nitrogens with one attached hydrogen (secondary N) is 4. The van der Waals surface area contributed by atoms with E-state index >= 15 is 0 Å². The van der Waals surface area contributed by atoms with Crippen molar-refractivity contribution in [3.63, 3.8) is 0 Å². The molecule has 2 aromatic carbocycles. The van der Waals surface area contributed by atoms with Gasteiger partial charge >= 0.3 is 12.2 Å². The summed E-state index contributed by atoms with van der Waals surface area (Å²) in [5, 5.41) is 6.00. The molecule has 3 atom stereocenters. The van der Waals surface area contributed by atoms with Gasteiger partial charge in [0.15, 0.2) is 0 Å². The Morgan fingerprint density at radius 3 is 1.35 bits per heavy atom. The van der Waals surface area contributed by atoms with Crippen molar-refractivity contribution in [2.45, 2.75) is 126 Å². The Bertz CT molecular complexity index is 1760. The molecule has 2 amide bonds. The molecular weight excluding hydrogens is 640 g/mol. The van der Waals surface area contributed by atoms with Gasteiger partial charge in [-0.3, -0.25) is 0 Å².